The Kier molecular flexibility index (Phi) is 1.93. The van der Waals surface area contributed by atoms with Crippen LogP contribution in [0.25, 0.3) is 291 Å². The average Bonchev–Trinajstić information content (AvgIpc) is 4.17. The molecule has 5 aliphatic carbocycles. The Balaban J connectivity index is 1.24. The quantitative estimate of drug-likeness (QED) is 0.0937. The third kappa shape index (κ3) is 1.23. The normalized spacial score (nSPS) is 23.4. The second-order valence-corrected chi connectivity index (χ2v) is 24.8. The van der Waals surface area contributed by atoms with Crippen LogP contribution in [0.1, 0.15) is 28.7 Å². The van der Waals surface area contributed by atoms with E-state index in [1.54, 1.807) is 320 Å². The van der Waals surface area contributed by atoms with Crippen molar-refractivity contribution in [1.82, 2.24) is 0 Å². The zero-order chi connectivity index (χ0) is 39.8. The van der Waals surface area contributed by atoms with Gasteiger partial charge in [0.1, 0.15) is 0 Å². The summed E-state index contributed by atoms with van der Waals surface area (Å²) in [6.45, 7) is 0. The zero-order valence-electron chi connectivity index (χ0n) is 34.1. The first-order valence-electron chi connectivity index (χ1n) is 24.9. The van der Waals surface area contributed by atoms with Gasteiger partial charge in [0.25, 0.3) is 0 Å². The zero-order valence-corrected chi connectivity index (χ0v) is 34.1. The van der Waals surface area contributed by atoms with Gasteiger partial charge in [-0.2, -0.15) is 0 Å². The number of hydrogen-bond acceptors (Lipinski definition) is 2. The van der Waals surface area contributed by atoms with E-state index in [9.17, 15) is 4.79 Å². The van der Waals surface area contributed by atoms with E-state index in [2.05, 4.69) is 0 Å². The molecule has 28 aromatic rings. The fourth-order valence-electron chi connectivity index (χ4n) is 25.0. The number of benzene rings is 18. The molecule has 278 valence electrons. The molecule has 2 nitrogen and oxygen atoms in total. The molecule has 2 heteroatoms. The minimum Gasteiger partial charge on any atom is -0.466 e. The van der Waals surface area contributed by atoms with Crippen LogP contribution in [0.15, 0.2) is 11.6 Å². The Labute approximate surface area is 362 Å². The number of hydrogen-bond donors (Lipinski definition) is 0. The second-order valence-electron chi connectivity index (χ2n) is 24.8. The minimum atomic E-state index is -0.466. The Morgan fingerprint density at radius 2 is 0.448 bits per heavy atom. The van der Waals surface area contributed by atoms with Crippen LogP contribution in [0.3, 0.4) is 0 Å². The number of ether oxygens (including phenoxy) is 1. The molecule has 0 atom stereocenters. The molecule has 1 fully saturated rings. The smallest absolute Gasteiger partial charge is 0.330 e. The Morgan fingerprint density at radius 3 is 0.627 bits per heavy atom. The summed E-state index contributed by atoms with van der Waals surface area (Å²) >= 11 is 0. The molecule has 2 spiro atoms. The van der Waals surface area contributed by atoms with Gasteiger partial charge in [-0.1, -0.05) is 0 Å². The summed E-state index contributed by atoms with van der Waals surface area (Å²) in [5, 5.41) is 87.2. The van der Waals surface area contributed by atoms with E-state index in [-0.39, 0.29) is 11.4 Å². The van der Waals surface area contributed by atoms with Gasteiger partial charge in [-0.15, -0.1) is 0 Å². The maximum Gasteiger partial charge on any atom is 0.330 e. The van der Waals surface area contributed by atoms with Gasteiger partial charge in [-0.05, 0) is 325 Å². The van der Waals surface area contributed by atoms with Gasteiger partial charge in [0, 0.05) is 11.5 Å². The van der Waals surface area contributed by atoms with Crippen molar-refractivity contribution in [2.45, 2.75) is 17.3 Å². The summed E-state index contributed by atoms with van der Waals surface area (Å²) in [6.07, 6.45) is 2.91. The van der Waals surface area contributed by atoms with E-state index in [1.807, 2.05) is 6.08 Å². The average molecular weight is 819 g/mol. The number of carbonyl (C=O) groups is 1. The van der Waals surface area contributed by atoms with E-state index in [1.165, 1.54) is 5.57 Å². The number of allylic oxidation sites excluding steroid dienone is 1. The predicted molar refractivity (Wildman–Crippen MR) is 279 cm³/mol. The largest absolute Gasteiger partial charge is 0.466 e. The van der Waals surface area contributed by atoms with E-state index in [4.69, 9.17) is 4.74 Å². The summed E-state index contributed by atoms with van der Waals surface area (Å²) < 4.78 is 5.72. The molecule has 0 unspecified atom stereocenters. The highest BCUT2D eigenvalue weighted by Gasteiger charge is 2.76. The van der Waals surface area contributed by atoms with Crippen LogP contribution >= 0.6 is 0 Å². The Bertz CT molecular complexity index is 6990. The van der Waals surface area contributed by atoms with Gasteiger partial charge in [-0.25, -0.2) is 4.79 Å². The summed E-state index contributed by atoms with van der Waals surface area (Å²) in [5.74, 6) is -0.192. The monoisotopic (exact) mass is 818 g/mol. The van der Waals surface area contributed by atoms with Crippen LogP contribution in [0.5, 0.6) is 0 Å². The lowest BCUT2D eigenvalue weighted by molar-refractivity contribution is -0.135. The molecule has 28 aromatic carbocycles. The molecule has 5 aliphatic rings. The number of esters is 1. The van der Waals surface area contributed by atoms with Crippen molar-refractivity contribution in [3.8, 4) is 0 Å². The van der Waals surface area contributed by atoms with Gasteiger partial charge in [0.2, 0.25) is 0 Å². The van der Waals surface area contributed by atoms with Crippen LogP contribution in [-0.2, 0) is 20.4 Å². The van der Waals surface area contributed by atoms with E-state index >= 15 is 0 Å². The third-order valence-corrected chi connectivity index (χ3v) is 24.9. The lowest BCUT2D eigenvalue weighted by Crippen LogP contribution is -2.61. The maximum atomic E-state index is 14.2. The molecular weight excluding hydrogens is 813 g/mol. The highest BCUT2D eigenvalue weighted by atomic mass is 16.5. The molecule has 33 rings (SSSR count). The van der Waals surface area contributed by atoms with Crippen molar-refractivity contribution in [2.75, 3.05) is 7.11 Å². The van der Waals surface area contributed by atoms with Gasteiger partial charge in [0.15, 0.2) is 0 Å². The minimum absolute atomic E-state index is 0.192. The summed E-state index contributed by atoms with van der Waals surface area (Å²) in [7, 11) is 1.60. The fourth-order valence-corrected chi connectivity index (χ4v) is 25.0. The molecule has 0 amide bonds. The van der Waals surface area contributed by atoms with Crippen LogP contribution in [-0.4, -0.2) is 13.1 Å². The standard InChI is InChI=1S/C65H6O2/c1-67-5(66)2-4-3-64-60-52-44-34-24-16-8-6-7-10-14-12(8)20-28-22(14)32-26-18(10)19-11(7)15-13-9(6)17(16)25-31-21(13)29-23(15)33-27(19)37-36(26)48-42(32)50-40(28)46(38(44)30(20)24)54(60)56(50)62-58(48)59-49(37)43(33)51-41(29)47-39(31)45(35(25)34)53(52)61(64)55(47)57(51)63(59)65(4,62)64/h2H,3H2,1H3/b4-2+. The molecule has 0 saturated heterocycles. The molecule has 0 aliphatic heterocycles. The van der Waals surface area contributed by atoms with Gasteiger partial charge in [0.05, 0.1) is 12.5 Å². The first-order chi connectivity index (χ1) is 33.3. The first kappa shape index (κ1) is 24.3. The highest BCUT2D eigenvalue weighted by molar-refractivity contribution is 6.82. The van der Waals surface area contributed by atoms with Gasteiger partial charge in [-0.3, -0.25) is 0 Å². The van der Waals surface area contributed by atoms with Crippen molar-refractivity contribution in [3.63, 3.8) is 0 Å². The maximum absolute atomic E-state index is 14.2. The molecule has 1 saturated carbocycles. The van der Waals surface area contributed by atoms with E-state index < -0.39 is 5.41 Å². The molecule has 67 heavy (non-hydrogen) atoms. The van der Waals surface area contributed by atoms with Crippen LogP contribution in [0, 0.1) is 0 Å². The van der Waals surface area contributed by atoms with Crippen LogP contribution < -0.4 is 0 Å². The van der Waals surface area contributed by atoms with Crippen LogP contribution in [0.4, 0.5) is 0 Å². The second kappa shape index (κ2) is 5.32. The van der Waals surface area contributed by atoms with Crippen molar-refractivity contribution >= 4 is 297 Å². The molecule has 0 N–H and O–H groups in total. The van der Waals surface area contributed by atoms with Gasteiger partial charge < -0.3 is 4.74 Å². The molecule has 0 radical (unpaired) electrons. The van der Waals surface area contributed by atoms with Crippen molar-refractivity contribution in [3.05, 3.63) is 33.9 Å². The highest BCUT2D eigenvalue weighted by Crippen LogP contribution is 2.88. The Morgan fingerprint density at radius 1 is 0.284 bits per heavy atom. The number of methoxy groups -OCH3 is 1. The number of rotatable bonds is 1. The summed E-state index contributed by atoms with van der Waals surface area (Å²) in [5.41, 5.74) is 7.10. The molecule has 0 aromatic heterocycles. The molecule has 0 bridgehead atoms. The van der Waals surface area contributed by atoms with E-state index in [0.717, 1.165) is 6.42 Å². The summed E-state index contributed by atoms with van der Waals surface area (Å²) in [4.78, 5) is 14.2. The summed E-state index contributed by atoms with van der Waals surface area (Å²) in [6, 6.07) is 0. The Hall–Kier alpha value is -8.33. The topological polar surface area (TPSA) is 26.3 Å². The van der Waals surface area contributed by atoms with Crippen molar-refractivity contribution in [2.24, 2.45) is 0 Å². The fraction of sp³-hybridized carbons (Fsp3) is 0.0615. The molecular formula is C65H6O2. The SMILES string of the molecule is COC(=O)/C=C1\CC23c4c5c6c7c8c9c(c%10c%11c2c2c4c4c%12c5c5c6c6c8c8c%13c9c9c%10c%10c%11c%11c2c2c4c4c%12c%12c5c5c6c8c6c8c%13c9c9c%10c%10c%11c2c2c4c4c%12c5c6c5c8c9c%10c2c45)C173. The van der Waals surface area contributed by atoms with E-state index in [0.29, 0.717) is 0 Å². The molecule has 0 heterocycles. The lowest BCUT2D eigenvalue weighted by Gasteiger charge is -2.64. The van der Waals surface area contributed by atoms with Crippen molar-refractivity contribution < 1.29 is 9.53 Å². The first-order valence-corrected chi connectivity index (χ1v) is 24.9. The van der Waals surface area contributed by atoms with Gasteiger partial charge >= 0.3 is 5.97 Å². The predicted octanol–water partition coefficient (Wildman–Crippen LogP) is 16.8. The number of carbonyl (C=O) groups excluding carboxylic acids is 1. The third-order valence-electron chi connectivity index (χ3n) is 24.9. The van der Waals surface area contributed by atoms with Crippen LogP contribution in [0.2, 0.25) is 0 Å². The lowest BCUT2D eigenvalue weighted by atomic mass is 9.36. The van der Waals surface area contributed by atoms with Crippen molar-refractivity contribution in [1.29, 1.82) is 0 Å².